The van der Waals surface area contributed by atoms with Crippen molar-refractivity contribution in [3.63, 3.8) is 0 Å². The van der Waals surface area contributed by atoms with Gasteiger partial charge in [0.15, 0.2) is 3.77 Å². The summed E-state index contributed by atoms with van der Waals surface area (Å²) in [7, 11) is 0. The van der Waals surface area contributed by atoms with Crippen LogP contribution >= 0.6 is 22.6 Å². The molecule has 2 rings (SSSR count). The van der Waals surface area contributed by atoms with Crippen molar-refractivity contribution < 1.29 is 4.42 Å². The molecule has 0 bridgehead atoms. The zero-order chi connectivity index (χ0) is 12.3. The Hall–Kier alpha value is -1.48. The number of nitrogens with zero attached hydrogens (tertiary/aromatic N) is 1. The molecule has 1 aromatic carbocycles. The first-order valence-electron chi connectivity index (χ1n) is 5.18. The summed E-state index contributed by atoms with van der Waals surface area (Å²) >= 11 is 2.14. The van der Waals surface area contributed by atoms with Gasteiger partial charge in [0.05, 0.1) is 18.2 Å². The average molecular weight is 338 g/mol. The summed E-state index contributed by atoms with van der Waals surface area (Å²) in [4.78, 5) is 0. The lowest BCUT2D eigenvalue weighted by Gasteiger charge is -2.08. The zero-order valence-electron chi connectivity index (χ0n) is 9.33. The minimum Gasteiger partial charge on any atom is -0.454 e. The molecule has 0 aliphatic carbocycles. The molecule has 0 saturated heterocycles. The number of hydrogen-bond donors (Lipinski definition) is 1. The number of benzene rings is 1. The number of nitriles is 1. The molecular formula is C13H11IN2O. The van der Waals surface area contributed by atoms with Crippen LogP contribution in [0.1, 0.15) is 16.9 Å². The Morgan fingerprint density at radius 2 is 2.18 bits per heavy atom. The topological polar surface area (TPSA) is 49.0 Å². The second-order valence-corrected chi connectivity index (χ2v) is 4.76. The van der Waals surface area contributed by atoms with Gasteiger partial charge in [0.2, 0.25) is 0 Å². The first-order chi connectivity index (χ1) is 8.19. The lowest BCUT2D eigenvalue weighted by molar-refractivity contribution is 0.493. The van der Waals surface area contributed by atoms with Gasteiger partial charge in [0.25, 0.3) is 0 Å². The van der Waals surface area contributed by atoms with E-state index in [0.29, 0.717) is 12.1 Å². The van der Waals surface area contributed by atoms with Gasteiger partial charge in [-0.15, -0.1) is 0 Å². The third kappa shape index (κ3) is 3.01. The van der Waals surface area contributed by atoms with Crippen LogP contribution in [0.15, 0.2) is 34.7 Å². The van der Waals surface area contributed by atoms with Crippen LogP contribution in [0.25, 0.3) is 0 Å². The molecule has 17 heavy (non-hydrogen) atoms. The van der Waals surface area contributed by atoms with Gasteiger partial charge >= 0.3 is 0 Å². The molecule has 1 heterocycles. The lowest BCUT2D eigenvalue weighted by Crippen LogP contribution is -2.00. The van der Waals surface area contributed by atoms with Gasteiger partial charge in [-0.2, -0.15) is 5.26 Å². The van der Waals surface area contributed by atoms with E-state index in [9.17, 15) is 0 Å². The van der Waals surface area contributed by atoms with Gasteiger partial charge in [-0.3, -0.25) is 0 Å². The first-order valence-corrected chi connectivity index (χ1v) is 6.26. The van der Waals surface area contributed by atoms with Gasteiger partial charge in [0.1, 0.15) is 5.76 Å². The van der Waals surface area contributed by atoms with Crippen molar-refractivity contribution >= 4 is 28.3 Å². The molecule has 86 valence electrons. The maximum absolute atomic E-state index is 8.84. The summed E-state index contributed by atoms with van der Waals surface area (Å²) in [5, 5.41) is 12.1. The molecular weight excluding hydrogens is 327 g/mol. The van der Waals surface area contributed by atoms with E-state index >= 15 is 0 Å². The maximum Gasteiger partial charge on any atom is 0.164 e. The van der Waals surface area contributed by atoms with E-state index in [1.54, 1.807) is 0 Å². The standard InChI is InChI=1S/C13H11IN2O/c1-9-2-3-10(7-15)6-12(9)16-8-11-4-5-13(14)17-11/h2-6,16H,8H2,1H3. The van der Waals surface area contributed by atoms with Gasteiger partial charge in [-0.05, 0) is 59.3 Å². The number of nitrogens with one attached hydrogen (secondary N) is 1. The normalized spacial score (nSPS) is 9.94. The molecule has 0 fully saturated rings. The fourth-order valence-corrected chi connectivity index (χ4v) is 1.97. The second kappa shape index (κ2) is 5.23. The predicted molar refractivity (Wildman–Crippen MR) is 74.6 cm³/mol. The van der Waals surface area contributed by atoms with Gasteiger partial charge in [0, 0.05) is 5.69 Å². The molecule has 0 radical (unpaired) electrons. The minimum atomic E-state index is 0.624. The van der Waals surface area contributed by atoms with E-state index < -0.39 is 0 Å². The van der Waals surface area contributed by atoms with Crippen molar-refractivity contribution in [2.24, 2.45) is 0 Å². The zero-order valence-corrected chi connectivity index (χ0v) is 11.5. The summed E-state index contributed by atoms with van der Waals surface area (Å²) in [5.74, 6) is 0.885. The molecule has 0 amide bonds. The quantitative estimate of drug-likeness (QED) is 0.869. The molecule has 1 N–H and O–H groups in total. The fourth-order valence-electron chi connectivity index (χ4n) is 1.51. The van der Waals surface area contributed by atoms with Crippen LogP contribution in [-0.2, 0) is 6.54 Å². The van der Waals surface area contributed by atoms with Crippen LogP contribution in [0.3, 0.4) is 0 Å². The Kier molecular flexibility index (Phi) is 3.69. The Labute approximate surface area is 114 Å². The molecule has 0 aliphatic heterocycles. The van der Waals surface area contributed by atoms with Crippen LogP contribution in [0.4, 0.5) is 5.69 Å². The third-order valence-corrected chi connectivity index (χ3v) is 3.03. The molecule has 3 nitrogen and oxygen atoms in total. The van der Waals surface area contributed by atoms with E-state index in [-0.39, 0.29) is 0 Å². The summed E-state index contributed by atoms with van der Waals surface area (Å²) < 4.78 is 6.34. The van der Waals surface area contributed by atoms with E-state index in [1.165, 1.54) is 0 Å². The summed E-state index contributed by atoms with van der Waals surface area (Å²) in [6.07, 6.45) is 0. The van der Waals surface area contributed by atoms with Crippen LogP contribution in [-0.4, -0.2) is 0 Å². The molecule has 0 spiro atoms. The summed E-state index contributed by atoms with van der Waals surface area (Å²) in [6, 6.07) is 11.6. The Balaban J connectivity index is 2.11. The molecule has 2 aromatic rings. The third-order valence-electron chi connectivity index (χ3n) is 2.45. The van der Waals surface area contributed by atoms with E-state index in [0.717, 1.165) is 20.8 Å². The van der Waals surface area contributed by atoms with Gasteiger partial charge in [-0.1, -0.05) is 6.07 Å². The maximum atomic E-state index is 8.84. The van der Waals surface area contributed by atoms with Crippen LogP contribution in [0, 0.1) is 22.0 Å². The first kappa shape index (κ1) is 12.0. The average Bonchev–Trinajstić information content (AvgIpc) is 2.74. The number of rotatable bonds is 3. The van der Waals surface area contributed by atoms with E-state index in [4.69, 9.17) is 9.68 Å². The Bertz CT molecular complexity index is 569. The Morgan fingerprint density at radius 1 is 1.35 bits per heavy atom. The predicted octanol–water partition coefficient (Wildman–Crippen LogP) is 3.68. The van der Waals surface area contributed by atoms with Crippen LogP contribution in [0.5, 0.6) is 0 Å². The number of anilines is 1. The van der Waals surface area contributed by atoms with Crippen molar-refractivity contribution in [3.8, 4) is 6.07 Å². The number of aryl methyl sites for hydroxylation is 1. The number of furan rings is 1. The molecule has 1 aromatic heterocycles. The summed E-state index contributed by atoms with van der Waals surface area (Å²) in [5.41, 5.74) is 2.74. The van der Waals surface area contributed by atoms with E-state index in [1.807, 2.05) is 37.3 Å². The smallest absolute Gasteiger partial charge is 0.164 e. The minimum absolute atomic E-state index is 0.624. The van der Waals surface area contributed by atoms with Gasteiger partial charge in [-0.25, -0.2) is 0 Å². The highest BCUT2D eigenvalue weighted by Crippen LogP contribution is 2.18. The van der Waals surface area contributed by atoms with Gasteiger partial charge < -0.3 is 9.73 Å². The number of hydrogen-bond acceptors (Lipinski definition) is 3. The van der Waals surface area contributed by atoms with Crippen molar-refractivity contribution in [2.75, 3.05) is 5.32 Å². The fraction of sp³-hybridized carbons (Fsp3) is 0.154. The molecule has 0 unspecified atom stereocenters. The second-order valence-electron chi connectivity index (χ2n) is 3.70. The molecule has 0 saturated carbocycles. The molecule has 0 aliphatic rings. The number of halogens is 1. The van der Waals surface area contributed by atoms with Crippen LogP contribution in [0.2, 0.25) is 0 Å². The molecule has 0 atom stereocenters. The Morgan fingerprint density at radius 3 is 2.82 bits per heavy atom. The summed E-state index contributed by atoms with van der Waals surface area (Å²) in [6.45, 7) is 2.63. The highest BCUT2D eigenvalue weighted by atomic mass is 127. The highest BCUT2D eigenvalue weighted by Gasteiger charge is 2.02. The molecule has 4 heteroatoms. The monoisotopic (exact) mass is 338 g/mol. The largest absolute Gasteiger partial charge is 0.454 e. The van der Waals surface area contributed by atoms with Crippen molar-refractivity contribution in [2.45, 2.75) is 13.5 Å². The highest BCUT2D eigenvalue weighted by molar-refractivity contribution is 14.1. The van der Waals surface area contributed by atoms with Crippen molar-refractivity contribution in [1.82, 2.24) is 0 Å². The van der Waals surface area contributed by atoms with Crippen molar-refractivity contribution in [1.29, 1.82) is 5.26 Å². The van der Waals surface area contributed by atoms with Crippen LogP contribution < -0.4 is 5.32 Å². The van der Waals surface area contributed by atoms with Crippen molar-refractivity contribution in [3.05, 3.63) is 51.0 Å². The SMILES string of the molecule is Cc1ccc(C#N)cc1NCc1ccc(I)o1. The van der Waals surface area contributed by atoms with E-state index in [2.05, 4.69) is 34.0 Å². The lowest BCUT2D eigenvalue weighted by atomic mass is 10.1.